The van der Waals surface area contributed by atoms with Crippen molar-refractivity contribution in [1.29, 1.82) is 0 Å². The van der Waals surface area contributed by atoms with Crippen LogP contribution < -0.4 is 5.32 Å². The molecule has 1 aliphatic carbocycles. The van der Waals surface area contributed by atoms with E-state index in [1.807, 2.05) is 11.8 Å². The lowest BCUT2D eigenvalue weighted by atomic mass is 9.76. The van der Waals surface area contributed by atoms with Gasteiger partial charge in [-0.2, -0.15) is 11.8 Å². The van der Waals surface area contributed by atoms with Crippen molar-refractivity contribution in [2.75, 3.05) is 18.6 Å². The molecule has 0 radical (unpaired) electrons. The summed E-state index contributed by atoms with van der Waals surface area (Å²) in [6.07, 6.45) is 10.3. The summed E-state index contributed by atoms with van der Waals surface area (Å²) in [6, 6.07) is 9.60. The van der Waals surface area contributed by atoms with Crippen molar-refractivity contribution >= 4 is 27.7 Å². The third-order valence-corrected chi connectivity index (χ3v) is 5.41. The highest BCUT2D eigenvalue weighted by atomic mass is 79.9. The summed E-state index contributed by atoms with van der Waals surface area (Å²) in [5.41, 5.74) is 1.50. The Balaban J connectivity index is 1.50. The molecule has 1 fully saturated rings. The molecule has 0 heterocycles. The van der Waals surface area contributed by atoms with Crippen LogP contribution >= 0.6 is 27.7 Å². The molecule has 0 aliphatic heterocycles. The van der Waals surface area contributed by atoms with Crippen LogP contribution in [0.4, 0.5) is 0 Å². The summed E-state index contributed by atoms with van der Waals surface area (Å²) < 4.78 is 1.18. The summed E-state index contributed by atoms with van der Waals surface area (Å²) in [5, 5.41) is 3.71. The smallest absolute Gasteiger partial charge is 0.0175 e. The van der Waals surface area contributed by atoms with Gasteiger partial charge >= 0.3 is 0 Å². The largest absolute Gasteiger partial charge is 0.314 e. The minimum atomic E-state index is 0.759. The number of hydrogen-bond donors (Lipinski definition) is 1. The molecule has 0 spiro atoms. The van der Waals surface area contributed by atoms with Crippen LogP contribution in [0.1, 0.15) is 50.0 Å². The number of benzene rings is 1. The highest BCUT2D eigenvalue weighted by Crippen LogP contribution is 2.37. The molecule has 0 unspecified atom stereocenters. The van der Waals surface area contributed by atoms with Crippen LogP contribution in [0, 0.1) is 0 Å². The monoisotopic (exact) mass is 355 g/mol. The number of rotatable bonds is 9. The van der Waals surface area contributed by atoms with E-state index in [9.17, 15) is 0 Å². The fraction of sp³-hybridized carbons (Fsp3) is 0.647. The summed E-state index contributed by atoms with van der Waals surface area (Å²) in [6.45, 7) is 1.21. The first-order valence-electron chi connectivity index (χ1n) is 7.77. The number of hydrogen-bond acceptors (Lipinski definition) is 2. The van der Waals surface area contributed by atoms with Crippen molar-refractivity contribution < 1.29 is 0 Å². The first-order valence-corrected chi connectivity index (χ1v) is 9.96. The Morgan fingerprint density at radius 3 is 2.50 bits per heavy atom. The van der Waals surface area contributed by atoms with Crippen molar-refractivity contribution in [3.05, 3.63) is 34.3 Å². The zero-order valence-corrected chi connectivity index (χ0v) is 14.8. The fourth-order valence-electron chi connectivity index (χ4n) is 2.82. The topological polar surface area (TPSA) is 12.0 Å². The second-order valence-corrected chi connectivity index (χ2v) is 7.68. The van der Waals surface area contributed by atoms with Crippen LogP contribution in [0.3, 0.4) is 0 Å². The average molecular weight is 356 g/mol. The molecule has 0 aromatic heterocycles. The lowest BCUT2D eigenvalue weighted by Crippen LogP contribution is -2.40. The lowest BCUT2D eigenvalue weighted by molar-refractivity contribution is 0.289. The molecule has 1 aromatic rings. The maximum Gasteiger partial charge on any atom is 0.0175 e. The maximum absolute atomic E-state index is 3.71. The van der Waals surface area contributed by atoms with Crippen LogP contribution in [0.5, 0.6) is 0 Å². The number of halogens is 1. The quantitative estimate of drug-likeness (QED) is 0.610. The number of thioether (sulfide) groups is 1. The van der Waals surface area contributed by atoms with Gasteiger partial charge in [0.05, 0.1) is 0 Å². The van der Waals surface area contributed by atoms with Gasteiger partial charge in [-0.05, 0) is 67.9 Å². The standard InChI is InChI=1S/C17H26BrNS/c1-20-11-5-3-2-4-10-19-17-12-15(13-17)14-6-8-16(18)9-7-14/h6-9,15,17,19H,2-5,10-13H2,1H3. The predicted octanol–water partition coefficient (Wildman–Crippen LogP) is 5.21. The third-order valence-electron chi connectivity index (χ3n) is 4.19. The van der Waals surface area contributed by atoms with Crippen LogP contribution in [0.2, 0.25) is 0 Å². The lowest BCUT2D eigenvalue weighted by Gasteiger charge is -2.36. The first-order chi connectivity index (χ1) is 9.79. The van der Waals surface area contributed by atoms with Gasteiger partial charge in [0.15, 0.2) is 0 Å². The molecule has 1 saturated carbocycles. The van der Waals surface area contributed by atoms with Gasteiger partial charge in [0.25, 0.3) is 0 Å². The second kappa shape index (κ2) is 9.11. The van der Waals surface area contributed by atoms with E-state index < -0.39 is 0 Å². The Morgan fingerprint density at radius 1 is 1.10 bits per heavy atom. The molecule has 0 saturated heterocycles. The molecule has 1 aliphatic rings. The van der Waals surface area contributed by atoms with Crippen molar-refractivity contribution in [2.45, 2.75) is 50.5 Å². The molecule has 0 bridgehead atoms. The average Bonchev–Trinajstić information content (AvgIpc) is 2.41. The third kappa shape index (κ3) is 5.42. The van der Waals surface area contributed by atoms with E-state index in [0.717, 1.165) is 12.0 Å². The predicted molar refractivity (Wildman–Crippen MR) is 94.8 cm³/mol. The number of nitrogens with one attached hydrogen (secondary N) is 1. The highest BCUT2D eigenvalue weighted by Gasteiger charge is 2.29. The Labute approximate surface area is 136 Å². The van der Waals surface area contributed by atoms with E-state index in [0.29, 0.717) is 0 Å². The first kappa shape index (κ1) is 16.4. The van der Waals surface area contributed by atoms with Crippen molar-refractivity contribution in [3.63, 3.8) is 0 Å². The molecule has 20 heavy (non-hydrogen) atoms. The molecule has 1 N–H and O–H groups in total. The van der Waals surface area contributed by atoms with Gasteiger partial charge in [-0.15, -0.1) is 0 Å². The molecule has 1 aromatic carbocycles. The van der Waals surface area contributed by atoms with E-state index >= 15 is 0 Å². The molecule has 3 heteroatoms. The Bertz CT molecular complexity index is 373. The van der Waals surface area contributed by atoms with E-state index in [1.54, 1.807) is 0 Å². The van der Waals surface area contributed by atoms with Crippen molar-refractivity contribution in [2.24, 2.45) is 0 Å². The molecular weight excluding hydrogens is 330 g/mol. The van der Waals surface area contributed by atoms with E-state index in [2.05, 4.69) is 51.8 Å². The Kier molecular flexibility index (Phi) is 7.47. The summed E-state index contributed by atoms with van der Waals surface area (Å²) in [4.78, 5) is 0. The number of unbranched alkanes of at least 4 members (excludes halogenated alkanes) is 3. The Morgan fingerprint density at radius 2 is 1.80 bits per heavy atom. The van der Waals surface area contributed by atoms with Crippen LogP contribution in [0.25, 0.3) is 0 Å². The molecule has 0 amide bonds. The van der Waals surface area contributed by atoms with Gasteiger partial charge in [-0.3, -0.25) is 0 Å². The normalized spacial score (nSPS) is 21.7. The van der Waals surface area contributed by atoms with Gasteiger partial charge in [-0.25, -0.2) is 0 Å². The van der Waals surface area contributed by atoms with Gasteiger partial charge in [0.2, 0.25) is 0 Å². The van der Waals surface area contributed by atoms with Gasteiger partial charge in [0, 0.05) is 10.5 Å². The van der Waals surface area contributed by atoms with Crippen LogP contribution in [-0.4, -0.2) is 24.6 Å². The SMILES string of the molecule is CSCCCCCCNC1CC(c2ccc(Br)cc2)C1. The van der Waals surface area contributed by atoms with E-state index in [-0.39, 0.29) is 0 Å². The second-order valence-electron chi connectivity index (χ2n) is 5.78. The van der Waals surface area contributed by atoms with Gasteiger partial charge < -0.3 is 5.32 Å². The Hall–Kier alpha value is 0.01000. The molecule has 1 nitrogen and oxygen atoms in total. The zero-order valence-electron chi connectivity index (χ0n) is 12.4. The van der Waals surface area contributed by atoms with Crippen LogP contribution in [0.15, 0.2) is 28.7 Å². The van der Waals surface area contributed by atoms with Gasteiger partial charge in [0.1, 0.15) is 0 Å². The molecular formula is C17H26BrNS. The zero-order chi connectivity index (χ0) is 14.2. The summed E-state index contributed by atoms with van der Waals surface area (Å²) in [5.74, 6) is 2.10. The van der Waals surface area contributed by atoms with Crippen molar-refractivity contribution in [3.8, 4) is 0 Å². The summed E-state index contributed by atoms with van der Waals surface area (Å²) in [7, 11) is 0. The van der Waals surface area contributed by atoms with Crippen molar-refractivity contribution in [1.82, 2.24) is 5.32 Å². The minimum Gasteiger partial charge on any atom is -0.314 e. The van der Waals surface area contributed by atoms with E-state index in [1.165, 1.54) is 60.9 Å². The molecule has 2 rings (SSSR count). The van der Waals surface area contributed by atoms with E-state index in [4.69, 9.17) is 0 Å². The maximum atomic E-state index is 3.71. The molecule has 112 valence electrons. The van der Waals surface area contributed by atoms with Gasteiger partial charge in [-0.1, -0.05) is 40.9 Å². The fourth-order valence-corrected chi connectivity index (χ4v) is 3.58. The minimum absolute atomic E-state index is 0.759. The summed E-state index contributed by atoms with van der Waals surface area (Å²) >= 11 is 5.46. The van der Waals surface area contributed by atoms with Crippen LogP contribution in [-0.2, 0) is 0 Å². The highest BCUT2D eigenvalue weighted by molar-refractivity contribution is 9.10. The molecule has 0 atom stereocenters.